The number of amides is 3. The van der Waals surface area contributed by atoms with Crippen molar-refractivity contribution in [1.82, 2.24) is 16.0 Å². The van der Waals surface area contributed by atoms with Crippen LogP contribution >= 0.6 is 0 Å². The summed E-state index contributed by atoms with van der Waals surface area (Å²) in [5.41, 5.74) is 2.03. The molecule has 6 heteroatoms. The van der Waals surface area contributed by atoms with Gasteiger partial charge < -0.3 is 16.0 Å². The van der Waals surface area contributed by atoms with Gasteiger partial charge >= 0.3 is 0 Å². The molecule has 0 aliphatic heterocycles. The zero-order valence-corrected chi connectivity index (χ0v) is 14.0. The molecule has 3 amide bonds. The molecule has 0 spiro atoms. The van der Waals surface area contributed by atoms with Gasteiger partial charge in [-0.15, -0.1) is 0 Å². The molecule has 0 heterocycles. The van der Waals surface area contributed by atoms with Crippen molar-refractivity contribution in [1.29, 1.82) is 0 Å². The molecule has 0 radical (unpaired) electrons. The predicted octanol–water partition coefficient (Wildman–Crippen LogP) is 1.48. The van der Waals surface area contributed by atoms with Gasteiger partial charge in [-0.2, -0.15) is 0 Å². The molecule has 6 nitrogen and oxygen atoms in total. The van der Waals surface area contributed by atoms with E-state index in [-0.39, 0.29) is 17.7 Å². The summed E-state index contributed by atoms with van der Waals surface area (Å²) < 4.78 is 0. The van der Waals surface area contributed by atoms with Crippen molar-refractivity contribution < 1.29 is 14.4 Å². The van der Waals surface area contributed by atoms with Crippen LogP contribution in [0.2, 0.25) is 0 Å². The van der Waals surface area contributed by atoms with Crippen LogP contribution in [0.5, 0.6) is 0 Å². The molecule has 0 aliphatic carbocycles. The molecule has 0 fully saturated rings. The van der Waals surface area contributed by atoms with Gasteiger partial charge in [-0.1, -0.05) is 30.3 Å². The summed E-state index contributed by atoms with van der Waals surface area (Å²) in [6.07, 6.45) is 0. The fraction of sp³-hybridized carbons (Fsp3) is 0.211. The molecule has 2 aromatic carbocycles. The molecule has 0 saturated heterocycles. The molecule has 0 aliphatic rings. The van der Waals surface area contributed by atoms with Crippen LogP contribution in [-0.4, -0.2) is 30.8 Å². The van der Waals surface area contributed by atoms with E-state index in [1.807, 2.05) is 6.07 Å². The smallest absolute Gasteiger partial charge is 0.251 e. The first kappa shape index (κ1) is 18.2. The molecule has 2 aromatic rings. The average molecular weight is 339 g/mol. The lowest BCUT2D eigenvalue weighted by atomic mass is 10.1. The van der Waals surface area contributed by atoms with Crippen LogP contribution in [0.25, 0.3) is 0 Å². The van der Waals surface area contributed by atoms with E-state index in [0.29, 0.717) is 30.8 Å². The van der Waals surface area contributed by atoms with E-state index >= 15 is 0 Å². The summed E-state index contributed by atoms with van der Waals surface area (Å²) in [6.45, 7) is 2.58. The van der Waals surface area contributed by atoms with Gasteiger partial charge in [-0.3, -0.25) is 14.4 Å². The largest absolute Gasteiger partial charge is 0.352 e. The standard InChI is InChI=1S/C19H21N3O3/c1-14(23)22-13-15-7-9-17(10-8-15)19(25)21-12-11-20-18(24)16-5-3-2-4-6-16/h2-10H,11-13H2,1H3,(H,20,24)(H,21,25)(H,22,23). The lowest BCUT2D eigenvalue weighted by molar-refractivity contribution is -0.119. The normalized spacial score (nSPS) is 9.96. The summed E-state index contributed by atoms with van der Waals surface area (Å²) in [4.78, 5) is 34.8. The third-order valence-electron chi connectivity index (χ3n) is 3.49. The van der Waals surface area contributed by atoms with Gasteiger partial charge in [0.25, 0.3) is 11.8 Å². The minimum atomic E-state index is -0.208. The summed E-state index contributed by atoms with van der Waals surface area (Å²) in [6, 6.07) is 15.9. The van der Waals surface area contributed by atoms with Gasteiger partial charge in [-0.05, 0) is 29.8 Å². The highest BCUT2D eigenvalue weighted by Crippen LogP contribution is 2.04. The fourth-order valence-electron chi connectivity index (χ4n) is 2.15. The SMILES string of the molecule is CC(=O)NCc1ccc(C(=O)NCCNC(=O)c2ccccc2)cc1. The highest BCUT2D eigenvalue weighted by atomic mass is 16.2. The number of carbonyl (C=O) groups excluding carboxylic acids is 3. The second-order valence-corrected chi connectivity index (χ2v) is 5.48. The van der Waals surface area contributed by atoms with E-state index in [4.69, 9.17) is 0 Å². The molecular formula is C19H21N3O3. The van der Waals surface area contributed by atoms with Gasteiger partial charge in [0.15, 0.2) is 0 Å². The Hall–Kier alpha value is -3.15. The quantitative estimate of drug-likeness (QED) is 0.668. The Kier molecular flexibility index (Phi) is 6.71. The van der Waals surface area contributed by atoms with E-state index in [1.54, 1.807) is 48.5 Å². The average Bonchev–Trinajstić information content (AvgIpc) is 2.64. The third kappa shape index (κ3) is 6.10. The monoisotopic (exact) mass is 339 g/mol. The summed E-state index contributed by atoms with van der Waals surface area (Å²) in [5, 5.41) is 8.20. The van der Waals surface area contributed by atoms with Gasteiger partial charge in [0.05, 0.1) is 0 Å². The number of rotatable bonds is 7. The minimum absolute atomic E-state index is 0.0978. The topological polar surface area (TPSA) is 87.3 Å². The molecule has 3 N–H and O–H groups in total. The molecule has 25 heavy (non-hydrogen) atoms. The van der Waals surface area contributed by atoms with Gasteiger partial charge in [0.2, 0.25) is 5.91 Å². The molecule has 130 valence electrons. The second-order valence-electron chi connectivity index (χ2n) is 5.48. The van der Waals surface area contributed by atoms with Crippen LogP contribution in [0.1, 0.15) is 33.2 Å². The van der Waals surface area contributed by atoms with Crippen molar-refractivity contribution in [2.24, 2.45) is 0 Å². The maximum atomic E-state index is 12.0. The highest BCUT2D eigenvalue weighted by molar-refractivity contribution is 5.95. The number of hydrogen-bond donors (Lipinski definition) is 3. The predicted molar refractivity (Wildman–Crippen MR) is 95.1 cm³/mol. The maximum absolute atomic E-state index is 12.0. The molecule has 0 aromatic heterocycles. The molecule has 0 bridgehead atoms. The lowest BCUT2D eigenvalue weighted by Gasteiger charge is -2.08. The summed E-state index contributed by atoms with van der Waals surface area (Å²) in [5.74, 6) is -0.475. The van der Waals surface area contributed by atoms with Crippen LogP contribution in [0, 0.1) is 0 Å². The summed E-state index contributed by atoms with van der Waals surface area (Å²) in [7, 11) is 0. The van der Waals surface area contributed by atoms with Crippen molar-refractivity contribution in [3.63, 3.8) is 0 Å². The number of carbonyl (C=O) groups is 3. The van der Waals surface area contributed by atoms with Crippen LogP contribution in [0.15, 0.2) is 54.6 Å². The number of nitrogens with one attached hydrogen (secondary N) is 3. The minimum Gasteiger partial charge on any atom is -0.352 e. The Morgan fingerprint density at radius 2 is 1.24 bits per heavy atom. The third-order valence-corrected chi connectivity index (χ3v) is 3.49. The van der Waals surface area contributed by atoms with Crippen molar-refractivity contribution in [3.8, 4) is 0 Å². The van der Waals surface area contributed by atoms with Crippen molar-refractivity contribution in [3.05, 3.63) is 71.3 Å². The molecular weight excluding hydrogens is 318 g/mol. The Labute approximate surface area is 146 Å². The van der Waals surface area contributed by atoms with Crippen molar-refractivity contribution >= 4 is 17.7 Å². The van der Waals surface area contributed by atoms with E-state index in [9.17, 15) is 14.4 Å². The van der Waals surface area contributed by atoms with Gasteiger partial charge in [0, 0.05) is 37.7 Å². The van der Waals surface area contributed by atoms with Crippen LogP contribution in [0.3, 0.4) is 0 Å². The van der Waals surface area contributed by atoms with E-state index in [0.717, 1.165) is 5.56 Å². The van der Waals surface area contributed by atoms with Crippen LogP contribution in [0.4, 0.5) is 0 Å². The van der Waals surface area contributed by atoms with Crippen LogP contribution < -0.4 is 16.0 Å². The molecule has 0 unspecified atom stereocenters. The number of hydrogen-bond acceptors (Lipinski definition) is 3. The maximum Gasteiger partial charge on any atom is 0.251 e. The zero-order valence-electron chi connectivity index (χ0n) is 14.0. The second kappa shape index (κ2) is 9.22. The first-order valence-electron chi connectivity index (χ1n) is 8.01. The van der Waals surface area contributed by atoms with Crippen LogP contribution in [-0.2, 0) is 11.3 Å². The Morgan fingerprint density at radius 3 is 1.76 bits per heavy atom. The summed E-state index contributed by atoms with van der Waals surface area (Å²) >= 11 is 0. The van der Waals surface area contributed by atoms with Crippen molar-refractivity contribution in [2.75, 3.05) is 13.1 Å². The van der Waals surface area contributed by atoms with Crippen molar-refractivity contribution in [2.45, 2.75) is 13.5 Å². The molecule has 2 rings (SSSR count). The zero-order chi connectivity index (χ0) is 18.1. The Bertz CT molecular complexity index is 727. The number of benzene rings is 2. The molecule has 0 atom stereocenters. The van der Waals surface area contributed by atoms with Gasteiger partial charge in [0.1, 0.15) is 0 Å². The first-order valence-corrected chi connectivity index (χ1v) is 8.01. The Morgan fingerprint density at radius 1 is 0.720 bits per heavy atom. The van der Waals surface area contributed by atoms with E-state index < -0.39 is 0 Å². The van der Waals surface area contributed by atoms with E-state index in [2.05, 4.69) is 16.0 Å². The Balaban J connectivity index is 1.73. The first-order chi connectivity index (χ1) is 12.1. The fourth-order valence-corrected chi connectivity index (χ4v) is 2.15. The van der Waals surface area contributed by atoms with E-state index in [1.165, 1.54) is 6.92 Å². The van der Waals surface area contributed by atoms with Gasteiger partial charge in [-0.25, -0.2) is 0 Å². The lowest BCUT2D eigenvalue weighted by Crippen LogP contribution is -2.34. The highest BCUT2D eigenvalue weighted by Gasteiger charge is 2.06. The molecule has 0 saturated carbocycles.